The molecule has 0 saturated carbocycles. The van der Waals surface area contributed by atoms with Gasteiger partial charge in [0.2, 0.25) is 0 Å². The summed E-state index contributed by atoms with van der Waals surface area (Å²) >= 11 is 0. The highest BCUT2D eigenvalue weighted by atomic mass is 32.2. The molecular weight excluding hydrogens is 488 g/mol. The van der Waals surface area contributed by atoms with Crippen LogP contribution in [-0.2, 0) is 20.2 Å². The molecule has 0 aromatic heterocycles. The Morgan fingerprint density at radius 1 is 0.867 bits per heavy atom. The fourth-order valence-corrected chi connectivity index (χ4v) is 3.45. The van der Waals surface area contributed by atoms with E-state index in [1.165, 1.54) is 0 Å². The van der Waals surface area contributed by atoms with Crippen LogP contribution in [-0.4, -0.2) is 48.9 Å². The van der Waals surface area contributed by atoms with Gasteiger partial charge in [-0.25, -0.2) is 13.6 Å². The summed E-state index contributed by atoms with van der Waals surface area (Å²) < 4.78 is 164. The molecule has 0 heterocycles. The Labute approximate surface area is 161 Å². The van der Waals surface area contributed by atoms with E-state index in [4.69, 9.17) is 9.66 Å². The lowest BCUT2D eigenvalue weighted by Gasteiger charge is -2.30. The third kappa shape index (κ3) is 3.55. The van der Waals surface area contributed by atoms with Crippen LogP contribution in [0.5, 0.6) is 5.75 Å². The minimum Gasteiger partial charge on any atom is -0.477 e. The van der Waals surface area contributed by atoms with Crippen molar-refractivity contribution in [3.63, 3.8) is 0 Å². The Morgan fingerprint density at radius 2 is 1.23 bits per heavy atom. The maximum atomic E-state index is 13.9. The predicted molar refractivity (Wildman–Crippen MR) is 78.7 cm³/mol. The SMILES string of the molecule is Cc1c(F)c(C(=O)O)c(F)c(C)c1OS(=O)(=O)C(F)(F)C(F)(F)C(F)(F)S(=O)(=O)O. The van der Waals surface area contributed by atoms with Crippen LogP contribution in [0.4, 0.5) is 35.1 Å². The van der Waals surface area contributed by atoms with Crippen molar-refractivity contribution in [1.29, 1.82) is 0 Å². The lowest BCUT2D eigenvalue weighted by atomic mass is 10.0. The van der Waals surface area contributed by atoms with Gasteiger partial charge < -0.3 is 9.29 Å². The van der Waals surface area contributed by atoms with Gasteiger partial charge in [-0.3, -0.25) is 4.55 Å². The summed E-state index contributed by atoms with van der Waals surface area (Å²) in [6, 6.07) is 0. The van der Waals surface area contributed by atoms with Gasteiger partial charge >= 0.3 is 42.6 Å². The van der Waals surface area contributed by atoms with Gasteiger partial charge in [-0.1, -0.05) is 0 Å². The highest BCUT2D eigenvalue weighted by Crippen LogP contribution is 2.51. The van der Waals surface area contributed by atoms with Crippen LogP contribution in [0.15, 0.2) is 0 Å². The van der Waals surface area contributed by atoms with E-state index >= 15 is 0 Å². The summed E-state index contributed by atoms with van der Waals surface area (Å²) in [5.41, 5.74) is -4.32. The second-order valence-electron chi connectivity index (χ2n) is 5.51. The number of carboxylic acids is 1. The molecule has 1 aromatic carbocycles. The average molecular weight is 496 g/mol. The summed E-state index contributed by atoms with van der Waals surface area (Å²) in [4.78, 5) is 10.8. The van der Waals surface area contributed by atoms with Gasteiger partial charge in [-0.2, -0.15) is 43.2 Å². The van der Waals surface area contributed by atoms with E-state index in [2.05, 4.69) is 4.18 Å². The lowest BCUT2D eigenvalue weighted by molar-refractivity contribution is -0.247. The summed E-state index contributed by atoms with van der Waals surface area (Å²) in [5, 5.41) is -5.44. The van der Waals surface area contributed by atoms with Gasteiger partial charge in [0, 0.05) is 11.1 Å². The third-order valence-electron chi connectivity index (χ3n) is 3.55. The number of benzene rings is 1. The fraction of sp³-hybridized carbons (Fsp3) is 0.417. The van der Waals surface area contributed by atoms with Crippen molar-refractivity contribution in [1.82, 2.24) is 0 Å². The zero-order chi connectivity index (χ0) is 24.2. The average Bonchev–Trinajstić information content (AvgIpc) is 2.55. The van der Waals surface area contributed by atoms with E-state index in [0.717, 1.165) is 0 Å². The zero-order valence-corrected chi connectivity index (χ0v) is 15.8. The first-order valence-electron chi connectivity index (χ1n) is 6.82. The Bertz CT molecular complexity index is 1080. The highest BCUT2D eigenvalue weighted by molar-refractivity contribution is 7.88. The first kappa shape index (κ1) is 25.8. The van der Waals surface area contributed by atoms with E-state index in [9.17, 15) is 56.8 Å². The molecule has 2 N–H and O–H groups in total. The van der Waals surface area contributed by atoms with E-state index in [1.807, 2.05) is 0 Å². The molecule has 0 aliphatic heterocycles. The van der Waals surface area contributed by atoms with E-state index < -0.39 is 76.7 Å². The van der Waals surface area contributed by atoms with Crippen molar-refractivity contribution in [3.8, 4) is 5.75 Å². The van der Waals surface area contributed by atoms with E-state index in [0.29, 0.717) is 13.8 Å². The van der Waals surface area contributed by atoms with Crippen LogP contribution < -0.4 is 4.18 Å². The maximum absolute atomic E-state index is 13.9. The van der Waals surface area contributed by atoms with E-state index in [1.54, 1.807) is 0 Å². The van der Waals surface area contributed by atoms with Crippen LogP contribution in [0.2, 0.25) is 0 Å². The van der Waals surface area contributed by atoms with Crippen LogP contribution in [0.25, 0.3) is 0 Å². The molecule has 0 aliphatic rings. The monoisotopic (exact) mass is 496 g/mol. The highest BCUT2D eigenvalue weighted by Gasteiger charge is 2.83. The molecule has 0 spiro atoms. The fourth-order valence-electron chi connectivity index (χ4n) is 1.92. The topological polar surface area (TPSA) is 135 Å². The normalized spacial score (nSPS) is 14.0. The molecule has 1 aromatic rings. The van der Waals surface area contributed by atoms with Gasteiger partial charge in [0.25, 0.3) is 0 Å². The van der Waals surface area contributed by atoms with Crippen molar-refractivity contribution in [2.75, 3.05) is 0 Å². The van der Waals surface area contributed by atoms with Gasteiger partial charge in [0.15, 0.2) is 5.75 Å². The molecule has 18 heteroatoms. The van der Waals surface area contributed by atoms with Crippen LogP contribution in [0, 0.1) is 25.5 Å². The number of hydrogen-bond donors (Lipinski definition) is 2. The summed E-state index contributed by atoms with van der Waals surface area (Å²) in [6.45, 7) is 0.893. The molecule has 0 atom stereocenters. The molecule has 8 nitrogen and oxygen atoms in total. The number of hydrogen-bond acceptors (Lipinski definition) is 6. The Morgan fingerprint density at radius 3 is 1.53 bits per heavy atom. The largest absolute Gasteiger partial charge is 0.477 e. The first-order chi connectivity index (χ1) is 13.1. The molecule has 0 amide bonds. The van der Waals surface area contributed by atoms with E-state index in [-0.39, 0.29) is 0 Å². The first-order valence-corrected chi connectivity index (χ1v) is 9.67. The minimum absolute atomic E-state index is 0.447. The predicted octanol–water partition coefficient (Wildman–Crippen LogP) is 2.70. The Balaban J connectivity index is 3.72. The van der Waals surface area contributed by atoms with Crippen molar-refractivity contribution in [2.45, 2.75) is 30.3 Å². The number of rotatable bonds is 7. The van der Waals surface area contributed by atoms with Gasteiger partial charge in [-0.05, 0) is 13.8 Å². The quantitative estimate of drug-likeness (QED) is 0.334. The molecule has 0 radical (unpaired) electrons. The minimum atomic E-state index is -7.35. The molecule has 172 valence electrons. The molecule has 0 bridgehead atoms. The lowest BCUT2D eigenvalue weighted by Crippen LogP contribution is -2.61. The number of carboxylic acid groups (broad SMARTS) is 1. The molecule has 1 rings (SSSR count). The summed E-state index contributed by atoms with van der Waals surface area (Å²) in [5.74, 6) is -15.5. The molecular formula is C12H8F8O8S2. The van der Waals surface area contributed by atoms with Crippen LogP contribution >= 0.6 is 0 Å². The number of alkyl halides is 6. The van der Waals surface area contributed by atoms with Gasteiger partial charge in [0.1, 0.15) is 17.2 Å². The second kappa shape index (κ2) is 7.19. The Kier molecular flexibility index (Phi) is 6.19. The summed E-state index contributed by atoms with van der Waals surface area (Å²) in [6.07, 6.45) is 0. The standard InChI is InChI=1S/C12H8F8O8S2/c1-3-6(13)5(9(21)22)7(14)4(2)8(3)28-30(26,27)12(19,20)10(15,16)11(17,18)29(23,24)25/h1-2H3,(H,21,22)(H,23,24,25). The van der Waals surface area contributed by atoms with Gasteiger partial charge in [-0.15, -0.1) is 0 Å². The number of carbonyl (C=O) groups is 1. The molecule has 0 fully saturated rings. The molecule has 0 saturated heterocycles. The van der Waals surface area contributed by atoms with Crippen molar-refractivity contribution in [3.05, 3.63) is 28.3 Å². The smallest absolute Gasteiger partial charge is 0.450 e. The number of aromatic carboxylic acids is 1. The zero-order valence-electron chi connectivity index (χ0n) is 14.2. The number of halogens is 8. The van der Waals surface area contributed by atoms with Crippen molar-refractivity contribution >= 4 is 26.2 Å². The third-order valence-corrected chi connectivity index (χ3v) is 5.73. The van der Waals surface area contributed by atoms with Crippen molar-refractivity contribution in [2.24, 2.45) is 0 Å². The maximum Gasteiger partial charge on any atom is 0.450 e. The van der Waals surface area contributed by atoms with Crippen LogP contribution in [0.1, 0.15) is 21.5 Å². The summed E-state index contributed by atoms with van der Waals surface area (Å²) in [7, 11) is -14.6. The molecule has 30 heavy (non-hydrogen) atoms. The molecule has 0 aliphatic carbocycles. The second-order valence-corrected chi connectivity index (χ2v) is 8.56. The van der Waals surface area contributed by atoms with Crippen molar-refractivity contribution < 1.29 is 70.6 Å². The van der Waals surface area contributed by atoms with Crippen LogP contribution in [0.3, 0.4) is 0 Å². The van der Waals surface area contributed by atoms with Gasteiger partial charge in [0.05, 0.1) is 0 Å². The Hall–Kier alpha value is -2.21. The molecule has 0 unspecified atom stereocenters.